The van der Waals surface area contributed by atoms with Crippen LogP contribution in [0.25, 0.3) is 0 Å². The topological polar surface area (TPSA) is 59.0 Å². The van der Waals surface area contributed by atoms with E-state index in [-0.39, 0.29) is 0 Å². The van der Waals surface area contributed by atoms with Crippen molar-refractivity contribution in [2.75, 3.05) is 13.2 Å². The quantitative estimate of drug-likeness (QED) is 0.714. The van der Waals surface area contributed by atoms with Gasteiger partial charge in [-0.15, -0.1) is 0 Å². The fourth-order valence-electron chi connectivity index (χ4n) is 1.05. The van der Waals surface area contributed by atoms with Crippen LogP contribution in [0.5, 0.6) is 0 Å². The van der Waals surface area contributed by atoms with Gasteiger partial charge in [0.25, 0.3) is 0 Å². The average molecular weight is 190 g/mol. The number of nitrogens with zero attached hydrogens (tertiary/aromatic N) is 1. The maximum atomic E-state index is 8.58. The van der Waals surface area contributed by atoms with Gasteiger partial charge in [0.05, 0.1) is 18.2 Å². The molecule has 0 aliphatic carbocycles. The van der Waals surface area contributed by atoms with Crippen molar-refractivity contribution in [1.82, 2.24) is 0 Å². The van der Waals surface area contributed by atoms with E-state index in [1.54, 1.807) is 12.1 Å². The zero-order valence-corrected chi connectivity index (χ0v) is 8.07. The predicted octanol–water partition coefficient (Wildman–Crippen LogP) is 1.42. The average Bonchev–Trinajstić information content (AvgIpc) is 2.25. The number of hydrogen-bond donors (Lipinski definition) is 1. The molecule has 2 N–H and O–H groups in total. The molecule has 3 heteroatoms. The Morgan fingerprint density at radius 1 is 1.29 bits per heavy atom. The highest BCUT2D eigenvalue weighted by atomic mass is 16.5. The second-order valence-electron chi connectivity index (χ2n) is 3.00. The lowest BCUT2D eigenvalue weighted by molar-refractivity contribution is 0.120. The maximum absolute atomic E-state index is 8.58. The Morgan fingerprint density at radius 3 is 2.57 bits per heavy atom. The van der Waals surface area contributed by atoms with Gasteiger partial charge in [0.15, 0.2) is 0 Å². The minimum absolute atomic E-state index is 0.589. The van der Waals surface area contributed by atoms with Crippen LogP contribution >= 0.6 is 0 Å². The van der Waals surface area contributed by atoms with E-state index in [9.17, 15) is 0 Å². The first kappa shape index (κ1) is 10.7. The summed E-state index contributed by atoms with van der Waals surface area (Å²) in [6.45, 7) is 1.94. The van der Waals surface area contributed by atoms with Crippen LogP contribution in [0.1, 0.15) is 17.5 Å². The zero-order valence-electron chi connectivity index (χ0n) is 8.07. The van der Waals surface area contributed by atoms with Crippen LogP contribution in [0.3, 0.4) is 0 Å². The summed E-state index contributed by atoms with van der Waals surface area (Å²) in [5, 5.41) is 8.58. The molecule has 0 spiro atoms. The number of rotatable bonds is 5. The molecule has 0 unspecified atom stereocenters. The maximum Gasteiger partial charge on any atom is 0.0991 e. The van der Waals surface area contributed by atoms with Gasteiger partial charge in [-0.3, -0.25) is 0 Å². The lowest BCUT2D eigenvalue weighted by Gasteiger charge is -2.02. The number of ether oxygens (including phenoxy) is 1. The molecule has 0 fully saturated rings. The summed E-state index contributed by atoms with van der Waals surface area (Å²) in [5.41, 5.74) is 7.09. The van der Waals surface area contributed by atoms with Crippen molar-refractivity contribution >= 4 is 0 Å². The normalized spacial score (nSPS) is 9.71. The van der Waals surface area contributed by atoms with Crippen LogP contribution < -0.4 is 5.73 Å². The Labute approximate surface area is 84.1 Å². The minimum Gasteiger partial charge on any atom is -0.377 e. The number of nitrogens with two attached hydrogens (primary N) is 1. The van der Waals surface area contributed by atoms with Crippen molar-refractivity contribution in [3.8, 4) is 6.07 Å². The zero-order chi connectivity index (χ0) is 10.2. The summed E-state index contributed by atoms with van der Waals surface area (Å²) in [4.78, 5) is 0. The highest BCUT2D eigenvalue weighted by Gasteiger charge is 1.93. The number of benzene rings is 1. The monoisotopic (exact) mass is 190 g/mol. The van der Waals surface area contributed by atoms with Crippen LogP contribution in [0.2, 0.25) is 0 Å². The van der Waals surface area contributed by atoms with E-state index >= 15 is 0 Å². The number of nitriles is 1. The van der Waals surface area contributed by atoms with E-state index in [4.69, 9.17) is 15.7 Å². The molecule has 14 heavy (non-hydrogen) atoms. The van der Waals surface area contributed by atoms with Crippen LogP contribution in [-0.4, -0.2) is 13.2 Å². The van der Waals surface area contributed by atoms with Gasteiger partial charge in [0.2, 0.25) is 0 Å². The Balaban J connectivity index is 2.33. The lowest BCUT2D eigenvalue weighted by Crippen LogP contribution is -2.04. The van der Waals surface area contributed by atoms with Crippen molar-refractivity contribution < 1.29 is 4.74 Å². The van der Waals surface area contributed by atoms with E-state index in [2.05, 4.69) is 6.07 Å². The first-order chi connectivity index (χ1) is 6.86. The summed E-state index contributed by atoms with van der Waals surface area (Å²) < 4.78 is 5.37. The van der Waals surface area contributed by atoms with Crippen molar-refractivity contribution in [2.24, 2.45) is 5.73 Å². The third-order valence-electron chi connectivity index (χ3n) is 1.84. The first-order valence-corrected chi connectivity index (χ1v) is 4.63. The van der Waals surface area contributed by atoms with Gasteiger partial charge >= 0.3 is 0 Å². The summed E-state index contributed by atoms with van der Waals surface area (Å²) in [6.07, 6.45) is 0.885. The molecule has 0 saturated heterocycles. The van der Waals surface area contributed by atoms with E-state index in [0.29, 0.717) is 25.3 Å². The molecule has 1 rings (SSSR count). The second-order valence-corrected chi connectivity index (χ2v) is 3.00. The van der Waals surface area contributed by atoms with Gasteiger partial charge in [-0.2, -0.15) is 5.26 Å². The Bertz CT molecular complexity index is 300. The Kier molecular flexibility index (Phi) is 4.70. The Morgan fingerprint density at radius 2 is 2.00 bits per heavy atom. The summed E-state index contributed by atoms with van der Waals surface area (Å²) in [6, 6.07) is 9.47. The van der Waals surface area contributed by atoms with Gasteiger partial charge in [0, 0.05) is 6.61 Å². The van der Waals surface area contributed by atoms with Crippen molar-refractivity contribution in [2.45, 2.75) is 13.0 Å². The molecule has 0 aromatic heterocycles. The van der Waals surface area contributed by atoms with Crippen LogP contribution in [0, 0.1) is 11.3 Å². The minimum atomic E-state index is 0.589. The van der Waals surface area contributed by atoms with Crippen molar-refractivity contribution in [3.05, 3.63) is 35.4 Å². The molecule has 0 aliphatic heterocycles. The molecule has 0 aliphatic rings. The third-order valence-corrected chi connectivity index (χ3v) is 1.84. The fourth-order valence-corrected chi connectivity index (χ4v) is 1.05. The number of hydrogen-bond acceptors (Lipinski definition) is 3. The fraction of sp³-hybridized carbons (Fsp3) is 0.364. The van der Waals surface area contributed by atoms with E-state index in [1.165, 1.54) is 0 Å². The summed E-state index contributed by atoms with van der Waals surface area (Å²) >= 11 is 0. The van der Waals surface area contributed by atoms with Gasteiger partial charge in [-0.05, 0) is 30.7 Å². The molecule has 3 nitrogen and oxygen atoms in total. The SMILES string of the molecule is N#Cc1ccc(COCCCN)cc1. The largest absolute Gasteiger partial charge is 0.377 e. The summed E-state index contributed by atoms with van der Waals surface area (Å²) in [7, 11) is 0. The molecule has 0 saturated carbocycles. The van der Waals surface area contributed by atoms with Gasteiger partial charge in [-0.1, -0.05) is 12.1 Å². The molecule has 74 valence electrons. The second kappa shape index (κ2) is 6.14. The molecule has 0 heterocycles. The summed E-state index contributed by atoms with van der Waals surface area (Å²) in [5.74, 6) is 0. The molecule has 1 aromatic rings. The van der Waals surface area contributed by atoms with Crippen molar-refractivity contribution in [3.63, 3.8) is 0 Å². The van der Waals surface area contributed by atoms with E-state index < -0.39 is 0 Å². The third kappa shape index (κ3) is 3.56. The highest BCUT2D eigenvalue weighted by molar-refractivity contribution is 5.31. The van der Waals surface area contributed by atoms with Crippen LogP contribution in [0.4, 0.5) is 0 Å². The Hall–Kier alpha value is -1.37. The van der Waals surface area contributed by atoms with E-state index in [1.807, 2.05) is 12.1 Å². The smallest absolute Gasteiger partial charge is 0.0991 e. The standard InChI is InChI=1S/C11H14N2O/c12-6-1-7-14-9-11-4-2-10(8-13)3-5-11/h2-5H,1,6-7,9,12H2. The molecule has 1 aromatic carbocycles. The van der Waals surface area contributed by atoms with Crippen LogP contribution in [0.15, 0.2) is 24.3 Å². The lowest BCUT2D eigenvalue weighted by atomic mass is 10.2. The van der Waals surface area contributed by atoms with E-state index in [0.717, 1.165) is 12.0 Å². The predicted molar refractivity (Wildman–Crippen MR) is 54.5 cm³/mol. The molecular weight excluding hydrogens is 176 g/mol. The molecule has 0 amide bonds. The van der Waals surface area contributed by atoms with Gasteiger partial charge < -0.3 is 10.5 Å². The highest BCUT2D eigenvalue weighted by Crippen LogP contribution is 2.04. The first-order valence-electron chi connectivity index (χ1n) is 4.63. The molecule has 0 bridgehead atoms. The van der Waals surface area contributed by atoms with Crippen molar-refractivity contribution in [1.29, 1.82) is 5.26 Å². The van der Waals surface area contributed by atoms with Crippen LogP contribution in [-0.2, 0) is 11.3 Å². The van der Waals surface area contributed by atoms with Gasteiger partial charge in [-0.25, -0.2) is 0 Å². The molecular formula is C11H14N2O. The molecule has 0 atom stereocenters. The molecule has 0 radical (unpaired) electrons. The van der Waals surface area contributed by atoms with Gasteiger partial charge in [0.1, 0.15) is 0 Å².